The van der Waals surface area contributed by atoms with E-state index >= 15 is 0 Å². The van der Waals surface area contributed by atoms with E-state index in [2.05, 4.69) is 27.7 Å². The molecule has 0 bridgehead atoms. The van der Waals surface area contributed by atoms with Crippen LogP contribution >= 0.6 is 0 Å². The van der Waals surface area contributed by atoms with Gasteiger partial charge in [-0.25, -0.2) is 0 Å². The van der Waals surface area contributed by atoms with E-state index in [1.807, 2.05) is 0 Å². The summed E-state index contributed by atoms with van der Waals surface area (Å²) in [5.41, 5.74) is 0. The Morgan fingerprint density at radius 3 is 1.34 bits per heavy atom. The van der Waals surface area contributed by atoms with Crippen LogP contribution in [0.4, 0.5) is 0 Å². The Balaban J connectivity index is 2.33. The third-order valence-electron chi connectivity index (χ3n) is 6.59. The van der Waals surface area contributed by atoms with Gasteiger partial charge < -0.3 is 9.47 Å². The smallest absolute Gasteiger partial charge is 0.311 e. The molecule has 0 aromatic heterocycles. The highest BCUT2D eigenvalue weighted by atomic mass is 16.6. The molecule has 0 N–H and O–H groups in total. The van der Waals surface area contributed by atoms with E-state index in [0.29, 0.717) is 24.3 Å². The fourth-order valence-electron chi connectivity index (χ4n) is 4.12. The van der Waals surface area contributed by atoms with Gasteiger partial charge >= 0.3 is 11.9 Å². The van der Waals surface area contributed by atoms with E-state index < -0.39 is 0 Å². The molecule has 0 amide bonds. The normalized spacial score (nSPS) is 11.2. The zero-order chi connectivity index (χ0) is 23.6. The summed E-state index contributed by atoms with van der Waals surface area (Å²) in [4.78, 5) is 24.5. The Bertz CT molecular complexity index is 577. The fourth-order valence-corrected chi connectivity index (χ4v) is 4.12. The van der Waals surface area contributed by atoms with Crippen LogP contribution in [0.15, 0.2) is 24.3 Å². The van der Waals surface area contributed by atoms with Crippen molar-refractivity contribution in [2.24, 2.45) is 11.8 Å². The number of benzene rings is 1. The number of para-hydroxylation sites is 2. The predicted molar refractivity (Wildman–Crippen MR) is 132 cm³/mol. The maximum Gasteiger partial charge on any atom is 0.311 e. The maximum absolute atomic E-state index is 12.2. The van der Waals surface area contributed by atoms with Crippen LogP contribution in [-0.4, -0.2) is 11.9 Å². The lowest BCUT2D eigenvalue weighted by Gasteiger charge is -2.12. The number of carbonyl (C=O) groups excluding carboxylic acids is 2. The van der Waals surface area contributed by atoms with Gasteiger partial charge in [0.25, 0.3) is 0 Å². The van der Waals surface area contributed by atoms with Crippen molar-refractivity contribution in [3.8, 4) is 11.5 Å². The lowest BCUT2D eigenvalue weighted by atomic mass is 9.96. The molecule has 0 radical (unpaired) electrons. The van der Waals surface area contributed by atoms with Gasteiger partial charge in [0.2, 0.25) is 0 Å². The van der Waals surface area contributed by atoms with Crippen molar-refractivity contribution >= 4 is 11.9 Å². The Morgan fingerprint density at radius 1 is 0.625 bits per heavy atom. The fraction of sp³-hybridized carbons (Fsp3) is 0.714. The number of carbonyl (C=O) groups is 2. The van der Waals surface area contributed by atoms with Crippen molar-refractivity contribution in [3.63, 3.8) is 0 Å². The summed E-state index contributed by atoms with van der Waals surface area (Å²) < 4.78 is 11.0. The van der Waals surface area contributed by atoms with Crippen molar-refractivity contribution in [3.05, 3.63) is 24.3 Å². The molecule has 0 saturated carbocycles. The molecule has 0 atom stereocenters. The van der Waals surface area contributed by atoms with Gasteiger partial charge in [-0.15, -0.1) is 0 Å². The average molecular weight is 447 g/mol. The molecule has 0 aliphatic rings. The first-order valence-corrected chi connectivity index (χ1v) is 13.0. The second-order valence-corrected chi connectivity index (χ2v) is 8.96. The summed E-state index contributed by atoms with van der Waals surface area (Å²) in [6, 6.07) is 6.94. The minimum Gasteiger partial charge on any atom is -0.423 e. The summed E-state index contributed by atoms with van der Waals surface area (Å²) in [6.45, 7) is 8.96. The minimum absolute atomic E-state index is 0.266. The number of hydrogen-bond acceptors (Lipinski definition) is 4. The van der Waals surface area contributed by atoms with Crippen LogP contribution in [0.3, 0.4) is 0 Å². The molecule has 32 heavy (non-hydrogen) atoms. The van der Waals surface area contributed by atoms with E-state index in [4.69, 9.17) is 9.47 Å². The quantitative estimate of drug-likeness (QED) is 0.129. The summed E-state index contributed by atoms with van der Waals surface area (Å²) in [7, 11) is 0. The molecule has 0 unspecified atom stereocenters. The topological polar surface area (TPSA) is 52.6 Å². The molecule has 4 nitrogen and oxygen atoms in total. The van der Waals surface area contributed by atoms with Crippen molar-refractivity contribution in [1.82, 2.24) is 0 Å². The van der Waals surface area contributed by atoms with Gasteiger partial charge in [0.05, 0.1) is 0 Å². The molecule has 1 rings (SSSR count). The lowest BCUT2D eigenvalue weighted by molar-refractivity contribution is -0.137. The Labute approximate surface area is 196 Å². The maximum atomic E-state index is 12.2. The Kier molecular flexibility index (Phi) is 15.6. The zero-order valence-corrected chi connectivity index (χ0v) is 21.0. The Hall–Kier alpha value is -1.84. The van der Waals surface area contributed by atoms with Crippen LogP contribution in [0.5, 0.6) is 11.5 Å². The minimum atomic E-state index is -0.266. The first-order valence-electron chi connectivity index (χ1n) is 13.0. The van der Waals surface area contributed by atoms with Gasteiger partial charge in [-0.1, -0.05) is 104 Å². The number of unbranched alkanes of at least 4 members (excludes halogenated alkanes) is 4. The van der Waals surface area contributed by atoms with Gasteiger partial charge in [-0.05, 0) is 36.8 Å². The molecule has 0 fully saturated rings. The molecule has 0 spiro atoms. The molecule has 0 heterocycles. The molecule has 182 valence electrons. The second kappa shape index (κ2) is 17.7. The van der Waals surface area contributed by atoms with Crippen LogP contribution < -0.4 is 9.47 Å². The van der Waals surface area contributed by atoms with Crippen LogP contribution in [0.2, 0.25) is 0 Å². The van der Waals surface area contributed by atoms with Crippen LogP contribution in [-0.2, 0) is 9.59 Å². The molecular weight excluding hydrogens is 400 g/mol. The standard InChI is InChI=1S/C28H46O4/c1-5-23(6-2)17-11-9-13-21-27(29)31-25-19-15-16-20-26(25)32-28(30)22-14-10-12-18-24(7-3)8-4/h15-16,19-20,23-24H,5-14,17-18,21-22H2,1-4H3. The zero-order valence-electron chi connectivity index (χ0n) is 21.0. The molecule has 0 aliphatic heterocycles. The average Bonchev–Trinajstić information content (AvgIpc) is 2.80. The third-order valence-corrected chi connectivity index (χ3v) is 6.59. The van der Waals surface area contributed by atoms with Gasteiger partial charge in [0, 0.05) is 12.8 Å². The molecule has 1 aromatic carbocycles. The highest BCUT2D eigenvalue weighted by Crippen LogP contribution is 2.28. The van der Waals surface area contributed by atoms with Crippen LogP contribution in [0.25, 0.3) is 0 Å². The first kappa shape index (κ1) is 28.2. The number of hydrogen-bond donors (Lipinski definition) is 0. The first-order chi connectivity index (χ1) is 15.5. The Morgan fingerprint density at radius 2 is 1.00 bits per heavy atom. The van der Waals surface area contributed by atoms with Gasteiger partial charge in [0.1, 0.15) is 0 Å². The largest absolute Gasteiger partial charge is 0.423 e. The van der Waals surface area contributed by atoms with E-state index in [9.17, 15) is 9.59 Å². The second-order valence-electron chi connectivity index (χ2n) is 8.96. The van der Waals surface area contributed by atoms with Crippen LogP contribution in [0, 0.1) is 11.8 Å². The summed E-state index contributed by atoms with van der Waals surface area (Å²) >= 11 is 0. The van der Waals surface area contributed by atoms with Crippen molar-refractivity contribution in [1.29, 1.82) is 0 Å². The van der Waals surface area contributed by atoms with Gasteiger partial charge in [-0.2, -0.15) is 0 Å². The van der Waals surface area contributed by atoms with E-state index in [-0.39, 0.29) is 11.9 Å². The predicted octanol–water partition coefficient (Wildman–Crippen LogP) is 8.27. The molecule has 0 aliphatic carbocycles. The van der Waals surface area contributed by atoms with E-state index in [1.165, 1.54) is 38.5 Å². The summed E-state index contributed by atoms with van der Waals surface area (Å²) in [5.74, 6) is 1.73. The molecule has 0 saturated heterocycles. The number of rotatable bonds is 18. The molecule has 1 aromatic rings. The highest BCUT2D eigenvalue weighted by Gasteiger charge is 2.13. The van der Waals surface area contributed by atoms with Crippen molar-refractivity contribution in [2.45, 2.75) is 118 Å². The van der Waals surface area contributed by atoms with E-state index in [0.717, 1.165) is 50.4 Å². The van der Waals surface area contributed by atoms with Crippen LogP contribution in [0.1, 0.15) is 118 Å². The number of ether oxygens (including phenoxy) is 2. The van der Waals surface area contributed by atoms with Gasteiger partial charge in [-0.3, -0.25) is 9.59 Å². The SMILES string of the molecule is CCC(CC)CCCCCC(=O)Oc1ccccc1OC(=O)CCCCCC(CC)CC. The van der Waals surface area contributed by atoms with Gasteiger partial charge in [0.15, 0.2) is 11.5 Å². The monoisotopic (exact) mass is 446 g/mol. The molecular formula is C28H46O4. The van der Waals surface area contributed by atoms with Crippen molar-refractivity contribution in [2.75, 3.05) is 0 Å². The lowest BCUT2D eigenvalue weighted by Crippen LogP contribution is -2.12. The summed E-state index contributed by atoms with van der Waals surface area (Å²) in [5, 5.41) is 0. The van der Waals surface area contributed by atoms with Crippen molar-refractivity contribution < 1.29 is 19.1 Å². The summed E-state index contributed by atoms with van der Waals surface area (Å²) in [6.07, 6.45) is 14.2. The highest BCUT2D eigenvalue weighted by molar-refractivity contribution is 5.76. The number of esters is 2. The van der Waals surface area contributed by atoms with E-state index in [1.54, 1.807) is 24.3 Å². The third kappa shape index (κ3) is 12.3. The molecule has 4 heteroatoms.